The van der Waals surface area contributed by atoms with E-state index in [1.54, 1.807) is 0 Å². The standard InChI is InChI=1S/C11H8F3NO2S/c12-18(13,14)7-3-1-6(2-4-7)11-5-8(11)9(16)15-10(11)17/h1-4,8H,5H2,(H,15,16,17). The zero-order chi connectivity index (χ0) is 13.1. The smallest absolute Gasteiger partial charge is 0.238 e. The molecule has 3 rings (SSSR count). The van der Waals surface area contributed by atoms with E-state index >= 15 is 0 Å². The minimum absolute atomic E-state index is 0.328. The van der Waals surface area contributed by atoms with E-state index in [4.69, 9.17) is 0 Å². The van der Waals surface area contributed by atoms with Crippen LogP contribution in [0.3, 0.4) is 0 Å². The van der Waals surface area contributed by atoms with E-state index in [1.807, 2.05) is 0 Å². The molecule has 1 saturated carbocycles. The summed E-state index contributed by atoms with van der Waals surface area (Å²) in [6.45, 7) is 0. The van der Waals surface area contributed by atoms with E-state index in [2.05, 4.69) is 5.32 Å². The first-order chi connectivity index (χ1) is 8.35. The van der Waals surface area contributed by atoms with Crippen molar-refractivity contribution in [2.24, 2.45) is 5.92 Å². The fraction of sp³-hybridized carbons (Fsp3) is 0.273. The maximum Gasteiger partial charge on any atom is 0.238 e. The number of amides is 2. The molecule has 0 bridgehead atoms. The summed E-state index contributed by atoms with van der Waals surface area (Å²) in [4.78, 5) is 22.3. The SMILES string of the molecule is O=C1NC(=O)C2(c3ccc(S(F)(F)F)cc3)CC12. The largest absolute Gasteiger partial charge is 0.295 e. The lowest BCUT2D eigenvalue weighted by Gasteiger charge is -2.13. The number of halogens is 3. The van der Waals surface area contributed by atoms with Crippen molar-refractivity contribution in [2.45, 2.75) is 16.7 Å². The lowest BCUT2D eigenvalue weighted by atomic mass is 9.94. The summed E-state index contributed by atoms with van der Waals surface area (Å²) < 4.78 is 37.5. The molecule has 96 valence electrons. The number of piperidine rings is 1. The number of hydrogen-bond acceptors (Lipinski definition) is 2. The summed E-state index contributed by atoms with van der Waals surface area (Å²) in [6.07, 6.45) is 0.399. The van der Waals surface area contributed by atoms with Gasteiger partial charge < -0.3 is 0 Å². The third kappa shape index (κ3) is 1.40. The van der Waals surface area contributed by atoms with Gasteiger partial charge in [-0.2, -0.15) is 0 Å². The van der Waals surface area contributed by atoms with Gasteiger partial charge in [0.15, 0.2) is 0 Å². The van der Waals surface area contributed by atoms with Gasteiger partial charge in [-0.05, 0) is 24.1 Å². The Labute approximate surface area is 103 Å². The first kappa shape index (κ1) is 11.6. The van der Waals surface area contributed by atoms with Crippen LogP contribution in [0.25, 0.3) is 0 Å². The van der Waals surface area contributed by atoms with Gasteiger partial charge in [-0.25, -0.2) is 0 Å². The molecule has 7 heteroatoms. The van der Waals surface area contributed by atoms with Crippen LogP contribution in [0.2, 0.25) is 0 Å². The molecule has 3 nitrogen and oxygen atoms in total. The van der Waals surface area contributed by atoms with Gasteiger partial charge in [0.1, 0.15) is 0 Å². The average Bonchev–Trinajstić information content (AvgIpc) is 2.99. The van der Waals surface area contributed by atoms with E-state index in [0.717, 1.165) is 12.1 Å². The topological polar surface area (TPSA) is 46.2 Å². The molecule has 0 spiro atoms. The highest BCUT2D eigenvalue weighted by Gasteiger charge is 2.69. The van der Waals surface area contributed by atoms with Gasteiger partial charge in [-0.15, -0.1) is 11.7 Å². The number of carbonyl (C=O) groups excluding carboxylic acids is 2. The summed E-state index contributed by atoms with van der Waals surface area (Å²) in [5.41, 5.74) is -0.417. The second-order valence-corrected chi connectivity index (χ2v) is 5.76. The summed E-state index contributed by atoms with van der Waals surface area (Å²) in [7, 11) is 0. The van der Waals surface area contributed by atoms with E-state index in [9.17, 15) is 21.2 Å². The molecule has 0 radical (unpaired) electrons. The monoisotopic (exact) mass is 275 g/mol. The molecular weight excluding hydrogens is 267 g/mol. The molecule has 1 aromatic carbocycles. The fourth-order valence-electron chi connectivity index (χ4n) is 2.50. The first-order valence-electron chi connectivity index (χ1n) is 5.24. The van der Waals surface area contributed by atoms with Gasteiger partial charge in [0.25, 0.3) is 0 Å². The molecule has 2 fully saturated rings. The summed E-state index contributed by atoms with van der Waals surface area (Å²) in [5, 5.41) is 2.21. The van der Waals surface area contributed by atoms with Crippen molar-refractivity contribution in [1.29, 1.82) is 0 Å². The third-order valence-electron chi connectivity index (χ3n) is 3.56. The molecule has 1 saturated heterocycles. The van der Waals surface area contributed by atoms with Gasteiger partial charge in [0.05, 0.1) is 16.2 Å². The molecule has 0 aromatic heterocycles. The van der Waals surface area contributed by atoms with Crippen LogP contribution in [0.1, 0.15) is 12.0 Å². The maximum atomic E-state index is 12.5. The number of hydrogen-bond donors (Lipinski definition) is 1. The minimum atomic E-state index is -5.24. The molecule has 1 heterocycles. The Bertz CT molecular complexity index is 554. The van der Waals surface area contributed by atoms with Crippen molar-refractivity contribution in [3.05, 3.63) is 29.8 Å². The van der Waals surface area contributed by atoms with Crippen LogP contribution in [0.4, 0.5) is 11.7 Å². The number of carbonyl (C=O) groups is 2. The van der Waals surface area contributed by atoms with Crippen molar-refractivity contribution >= 4 is 23.0 Å². The summed E-state index contributed by atoms with van der Waals surface area (Å²) in [6, 6.07) is 4.55. The van der Waals surface area contributed by atoms with Crippen LogP contribution in [-0.2, 0) is 15.0 Å². The predicted octanol–water partition coefficient (Wildman–Crippen LogP) is 2.42. The van der Waals surface area contributed by atoms with Crippen LogP contribution in [0, 0.1) is 5.92 Å². The highest BCUT2D eigenvalue weighted by Crippen LogP contribution is 2.62. The Morgan fingerprint density at radius 2 is 1.78 bits per heavy atom. The van der Waals surface area contributed by atoms with Crippen molar-refractivity contribution in [3.63, 3.8) is 0 Å². The second kappa shape index (κ2) is 3.28. The number of rotatable bonds is 2. The van der Waals surface area contributed by atoms with Gasteiger partial charge in [0, 0.05) is 0 Å². The highest BCUT2D eigenvalue weighted by molar-refractivity contribution is 8.20. The van der Waals surface area contributed by atoms with E-state index in [0.29, 0.717) is 12.0 Å². The Kier molecular flexibility index (Phi) is 2.11. The molecule has 2 atom stereocenters. The van der Waals surface area contributed by atoms with Crippen LogP contribution in [0.5, 0.6) is 0 Å². The molecule has 1 aliphatic carbocycles. The number of benzene rings is 1. The molecule has 1 aliphatic heterocycles. The summed E-state index contributed by atoms with van der Waals surface area (Å²) >= 11 is -5.24. The van der Waals surface area contributed by atoms with Gasteiger partial charge in [0.2, 0.25) is 23.0 Å². The van der Waals surface area contributed by atoms with Crippen molar-refractivity contribution in [2.75, 3.05) is 0 Å². The molecule has 2 aliphatic rings. The lowest BCUT2D eigenvalue weighted by molar-refractivity contribution is -0.127. The summed E-state index contributed by atoms with van der Waals surface area (Å²) in [5.74, 6) is -1.13. The highest BCUT2D eigenvalue weighted by atomic mass is 32.3. The average molecular weight is 275 g/mol. The van der Waals surface area contributed by atoms with E-state index in [-0.39, 0.29) is 5.91 Å². The molecule has 2 amide bonds. The Hall–Kier alpha value is -1.50. The van der Waals surface area contributed by atoms with Crippen LogP contribution < -0.4 is 5.32 Å². The third-order valence-corrected chi connectivity index (χ3v) is 4.36. The lowest BCUT2D eigenvalue weighted by Crippen LogP contribution is -2.30. The Morgan fingerprint density at radius 3 is 2.17 bits per heavy atom. The zero-order valence-electron chi connectivity index (χ0n) is 8.95. The minimum Gasteiger partial charge on any atom is -0.295 e. The van der Waals surface area contributed by atoms with Gasteiger partial charge >= 0.3 is 0 Å². The van der Waals surface area contributed by atoms with Crippen molar-refractivity contribution in [1.82, 2.24) is 5.32 Å². The van der Waals surface area contributed by atoms with E-state index in [1.165, 1.54) is 12.1 Å². The number of nitrogens with one attached hydrogen (secondary N) is 1. The zero-order valence-corrected chi connectivity index (χ0v) is 9.77. The fourth-order valence-corrected chi connectivity index (χ4v) is 2.94. The van der Waals surface area contributed by atoms with Crippen LogP contribution in [0.15, 0.2) is 29.2 Å². The molecule has 18 heavy (non-hydrogen) atoms. The van der Waals surface area contributed by atoms with Crippen molar-refractivity contribution in [3.8, 4) is 0 Å². The number of imide groups is 1. The Balaban J connectivity index is 1.96. The molecular formula is C11H8F3NO2S. The first-order valence-corrected chi connectivity index (χ1v) is 6.57. The molecule has 1 N–H and O–H groups in total. The Morgan fingerprint density at radius 1 is 1.17 bits per heavy atom. The number of fused-ring (bicyclic) bond motifs is 1. The second-order valence-electron chi connectivity index (χ2n) is 4.48. The van der Waals surface area contributed by atoms with Crippen LogP contribution in [-0.4, -0.2) is 11.8 Å². The van der Waals surface area contributed by atoms with E-state index < -0.39 is 33.3 Å². The van der Waals surface area contributed by atoms with Crippen molar-refractivity contribution < 1.29 is 21.2 Å². The normalized spacial score (nSPS) is 30.9. The van der Waals surface area contributed by atoms with Crippen LogP contribution >= 0.6 is 11.2 Å². The quantitative estimate of drug-likeness (QED) is 0.842. The van der Waals surface area contributed by atoms with Gasteiger partial charge in [-0.3, -0.25) is 14.9 Å². The maximum absolute atomic E-state index is 12.5. The molecule has 2 unspecified atom stereocenters. The predicted molar refractivity (Wildman–Crippen MR) is 58.6 cm³/mol. The van der Waals surface area contributed by atoms with Gasteiger partial charge in [-0.1, -0.05) is 12.1 Å². The molecule has 1 aromatic rings.